The van der Waals surface area contributed by atoms with Gasteiger partial charge in [0.25, 0.3) is 10.0 Å². The number of nitrogens with one attached hydrogen (secondary N) is 3. The summed E-state index contributed by atoms with van der Waals surface area (Å²) in [6.07, 6.45) is -0.442. The van der Waals surface area contributed by atoms with Gasteiger partial charge in [-0.2, -0.15) is 4.72 Å². The second kappa shape index (κ2) is 5.77. The summed E-state index contributed by atoms with van der Waals surface area (Å²) in [5.41, 5.74) is 6.97. The van der Waals surface area contributed by atoms with Crippen LogP contribution >= 0.6 is 11.3 Å². The van der Waals surface area contributed by atoms with Crippen LogP contribution in [0.25, 0.3) is 0 Å². The molecule has 0 aliphatic carbocycles. The predicted octanol–water partition coefficient (Wildman–Crippen LogP) is 0.973. The lowest BCUT2D eigenvalue weighted by atomic mass is 9.97. The van der Waals surface area contributed by atoms with E-state index in [2.05, 4.69) is 15.6 Å². The van der Waals surface area contributed by atoms with Gasteiger partial charge in [-0.05, 0) is 29.1 Å². The van der Waals surface area contributed by atoms with Gasteiger partial charge in [-0.3, -0.25) is 5.43 Å². The van der Waals surface area contributed by atoms with Gasteiger partial charge in [-0.15, -0.1) is 11.3 Å². The molecule has 2 aliphatic heterocycles. The van der Waals surface area contributed by atoms with Crippen molar-refractivity contribution in [3.63, 3.8) is 0 Å². The van der Waals surface area contributed by atoms with E-state index in [4.69, 9.17) is 9.47 Å². The summed E-state index contributed by atoms with van der Waals surface area (Å²) in [4.78, 5) is 0. The van der Waals surface area contributed by atoms with E-state index in [9.17, 15) is 8.42 Å². The minimum absolute atomic E-state index is 0.0563. The molecule has 23 heavy (non-hydrogen) atoms. The molecule has 1 aromatic carbocycles. The number of hydrogen-bond acceptors (Lipinski definition) is 7. The summed E-state index contributed by atoms with van der Waals surface area (Å²) in [7, 11) is -3.54. The largest absolute Gasteiger partial charge is 0.454 e. The summed E-state index contributed by atoms with van der Waals surface area (Å²) in [5.74, 6) is 1.34. The highest BCUT2D eigenvalue weighted by molar-refractivity contribution is 7.91. The minimum atomic E-state index is -3.54. The molecule has 0 amide bonds. The molecule has 9 heteroatoms. The molecular weight excluding hydrogens is 338 g/mol. The third kappa shape index (κ3) is 2.81. The van der Waals surface area contributed by atoms with Crippen LogP contribution in [0.15, 0.2) is 39.9 Å². The van der Waals surface area contributed by atoms with Crippen molar-refractivity contribution >= 4 is 21.4 Å². The Morgan fingerprint density at radius 2 is 2.09 bits per heavy atom. The molecule has 2 aromatic rings. The Balaban J connectivity index is 1.57. The molecule has 3 N–H and O–H groups in total. The summed E-state index contributed by atoms with van der Waals surface area (Å²) < 4.78 is 38.5. The van der Waals surface area contributed by atoms with Gasteiger partial charge in [0, 0.05) is 12.5 Å². The second-order valence-electron chi connectivity index (χ2n) is 5.28. The fourth-order valence-corrected chi connectivity index (χ4v) is 4.90. The van der Waals surface area contributed by atoms with Crippen molar-refractivity contribution in [3.8, 4) is 11.5 Å². The van der Waals surface area contributed by atoms with E-state index >= 15 is 0 Å². The highest BCUT2D eigenvalue weighted by Crippen LogP contribution is 2.35. The van der Waals surface area contributed by atoms with Crippen LogP contribution < -0.4 is 25.0 Å². The first-order valence-corrected chi connectivity index (χ1v) is 9.43. The summed E-state index contributed by atoms with van der Waals surface area (Å²) in [5, 5.41) is 1.74. The highest BCUT2D eigenvalue weighted by Gasteiger charge is 2.33. The van der Waals surface area contributed by atoms with Gasteiger partial charge >= 0.3 is 0 Å². The number of ether oxygens (including phenoxy) is 2. The van der Waals surface area contributed by atoms with Crippen molar-refractivity contribution in [2.75, 3.05) is 13.3 Å². The molecule has 3 heterocycles. The van der Waals surface area contributed by atoms with Gasteiger partial charge < -0.3 is 9.47 Å². The third-order valence-electron chi connectivity index (χ3n) is 3.85. The van der Waals surface area contributed by atoms with Crippen molar-refractivity contribution < 1.29 is 17.9 Å². The zero-order valence-corrected chi connectivity index (χ0v) is 13.6. The molecule has 0 bridgehead atoms. The number of benzene rings is 1. The molecule has 0 radical (unpaired) electrons. The van der Waals surface area contributed by atoms with Crippen LogP contribution in [-0.2, 0) is 10.0 Å². The molecule has 2 unspecified atom stereocenters. The maximum atomic E-state index is 12.4. The number of rotatable bonds is 4. The molecular formula is C14H15N3O4S2. The SMILES string of the molecule is O=S(=O)(NC1NNCC1c1ccc2c(c1)OCO2)c1cccs1. The Bertz CT molecular complexity index is 807. The topological polar surface area (TPSA) is 88.7 Å². The quantitative estimate of drug-likeness (QED) is 0.759. The van der Waals surface area contributed by atoms with E-state index in [0.717, 1.165) is 5.56 Å². The Kier molecular flexibility index (Phi) is 3.74. The van der Waals surface area contributed by atoms with Crippen LogP contribution in [0.1, 0.15) is 11.5 Å². The van der Waals surface area contributed by atoms with Crippen molar-refractivity contribution in [1.82, 2.24) is 15.6 Å². The first-order valence-electron chi connectivity index (χ1n) is 7.07. The van der Waals surface area contributed by atoms with E-state index in [1.165, 1.54) is 11.3 Å². The standard InChI is InChI=1S/C14H15N3O4S2/c18-23(19,13-2-1-5-22-13)17-14-10(7-15-16-14)9-3-4-11-12(6-9)21-8-20-11/h1-6,10,14-17H,7-8H2. The Morgan fingerprint density at radius 3 is 2.91 bits per heavy atom. The molecule has 1 fully saturated rings. The molecule has 2 aliphatic rings. The number of sulfonamides is 1. The van der Waals surface area contributed by atoms with Gasteiger partial charge in [0.2, 0.25) is 6.79 Å². The van der Waals surface area contributed by atoms with Crippen molar-refractivity contribution in [1.29, 1.82) is 0 Å². The van der Waals surface area contributed by atoms with Gasteiger partial charge in [-0.1, -0.05) is 12.1 Å². The summed E-state index contributed by atoms with van der Waals surface area (Å²) >= 11 is 1.19. The number of hydrogen-bond donors (Lipinski definition) is 3. The van der Waals surface area contributed by atoms with Crippen LogP contribution in [0, 0.1) is 0 Å². The number of thiophene rings is 1. The molecule has 4 rings (SSSR count). The van der Waals surface area contributed by atoms with E-state index in [-0.39, 0.29) is 12.7 Å². The maximum absolute atomic E-state index is 12.4. The lowest BCUT2D eigenvalue weighted by molar-refractivity contribution is 0.174. The Labute approximate surface area is 137 Å². The second-order valence-corrected chi connectivity index (χ2v) is 8.16. The lowest BCUT2D eigenvalue weighted by Crippen LogP contribution is -2.46. The molecule has 1 aromatic heterocycles. The normalized spacial score (nSPS) is 23.3. The zero-order chi connectivity index (χ0) is 15.9. The lowest BCUT2D eigenvalue weighted by Gasteiger charge is -2.20. The fraction of sp³-hybridized carbons (Fsp3) is 0.286. The van der Waals surface area contributed by atoms with Crippen molar-refractivity contribution in [2.24, 2.45) is 0 Å². The van der Waals surface area contributed by atoms with E-state index in [1.807, 2.05) is 18.2 Å². The van der Waals surface area contributed by atoms with Crippen LogP contribution in [0.4, 0.5) is 0 Å². The average molecular weight is 353 g/mol. The zero-order valence-electron chi connectivity index (χ0n) is 12.0. The average Bonchev–Trinajstić information content (AvgIpc) is 3.27. The van der Waals surface area contributed by atoms with Crippen molar-refractivity contribution in [2.45, 2.75) is 16.3 Å². The monoisotopic (exact) mass is 353 g/mol. The van der Waals surface area contributed by atoms with Gasteiger partial charge in [0.15, 0.2) is 11.5 Å². The third-order valence-corrected chi connectivity index (χ3v) is 6.69. The maximum Gasteiger partial charge on any atom is 0.251 e. The molecule has 0 spiro atoms. The molecule has 122 valence electrons. The van der Waals surface area contributed by atoms with Crippen LogP contribution in [-0.4, -0.2) is 27.9 Å². The van der Waals surface area contributed by atoms with Crippen LogP contribution in [0.3, 0.4) is 0 Å². The Hall–Kier alpha value is -1.65. The number of fused-ring (bicyclic) bond motifs is 1. The van der Waals surface area contributed by atoms with Gasteiger partial charge in [0.1, 0.15) is 4.21 Å². The predicted molar refractivity (Wildman–Crippen MR) is 84.9 cm³/mol. The summed E-state index contributed by atoms with van der Waals surface area (Å²) in [6, 6.07) is 8.98. The first kappa shape index (κ1) is 14.9. The Morgan fingerprint density at radius 1 is 1.22 bits per heavy atom. The first-order chi connectivity index (χ1) is 11.1. The number of hydrazine groups is 1. The van der Waals surface area contributed by atoms with Crippen molar-refractivity contribution in [3.05, 3.63) is 41.3 Å². The van der Waals surface area contributed by atoms with Crippen LogP contribution in [0.5, 0.6) is 11.5 Å². The smallest absolute Gasteiger partial charge is 0.251 e. The molecule has 1 saturated heterocycles. The van der Waals surface area contributed by atoms with E-state index in [1.54, 1.807) is 17.5 Å². The summed E-state index contributed by atoms with van der Waals surface area (Å²) in [6.45, 7) is 0.825. The highest BCUT2D eigenvalue weighted by atomic mass is 32.2. The minimum Gasteiger partial charge on any atom is -0.454 e. The van der Waals surface area contributed by atoms with E-state index < -0.39 is 16.2 Å². The molecule has 2 atom stereocenters. The van der Waals surface area contributed by atoms with Crippen LogP contribution in [0.2, 0.25) is 0 Å². The fourth-order valence-electron chi connectivity index (χ4n) is 2.70. The van der Waals surface area contributed by atoms with Gasteiger partial charge in [0.05, 0.1) is 6.17 Å². The molecule has 7 nitrogen and oxygen atoms in total. The van der Waals surface area contributed by atoms with Gasteiger partial charge in [-0.25, -0.2) is 13.8 Å². The molecule has 0 saturated carbocycles. The van der Waals surface area contributed by atoms with E-state index in [0.29, 0.717) is 22.3 Å².